The molecule has 2 aliphatic heterocycles. The Kier molecular flexibility index (Phi) is 4.23. The van der Waals surface area contributed by atoms with Crippen LogP contribution in [0.25, 0.3) is 11.3 Å². The number of nitrogens with zero attached hydrogens (tertiary/aromatic N) is 5. The van der Waals surface area contributed by atoms with E-state index >= 15 is 0 Å². The number of rotatable bonds is 3. The topological polar surface area (TPSA) is 93.3 Å². The van der Waals surface area contributed by atoms with Gasteiger partial charge in [-0.2, -0.15) is 5.26 Å². The van der Waals surface area contributed by atoms with Crippen LogP contribution in [0.3, 0.4) is 0 Å². The van der Waals surface area contributed by atoms with Crippen LogP contribution in [0.1, 0.15) is 12.0 Å². The number of phenols is 1. The van der Waals surface area contributed by atoms with E-state index in [0.717, 1.165) is 6.42 Å². The molecule has 28 heavy (non-hydrogen) atoms. The highest BCUT2D eigenvalue weighted by Crippen LogP contribution is 2.42. The van der Waals surface area contributed by atoms with Gasteiger partial charge in [0.15, 0.2) is 5.82 Å². The molecule has 2 saturated heterocycles. The Morgan fingerprint density at radius 1 is 1.36 bits per heavy atom. The van der Waals surface area contributed by atoms with Crippen molar-refractivity contribution in [2.45, 2.75) is 6.42 Å². The number of hydrogen-bond donors (Lipinski definition) is 1. The van der Waals surface area contributed by atoms with Crippen molar-refractivity contribution in [1.29, 1.82) is 5.26 Å². The monoisotopic (exact) mass is 379 g/mol. The molecule has 1 N–H and O–H groups in total. The molecule has 0 bridgehead atoms. The first-order valence-electron chi connectivity index (χ1n) is 8.87. The number of aromatic nitrogens is 2. The quantitative estimate of drug-likeness (QED) is 0.821. The van der Waals surface area contributed by atoms with Gasteiger partial charge in [-0.15, -0.1) is 0 Å². The molecule has 1 amide bonds. The molecule has 8 heteroatoms. The molecule has 7 nitrogen and oxygen atoms in total. The predicted octanol–water partition coefficient (Wildman–Crippen LogP) is 2.08. The molecule has 1 aromatic heterocycles. The average Bonchev–Trinajstić information content (AvgIpc) is 3.11. The maximum atomic E-state index is 14.3. The summed E-state index contributed by atoms with van der Waals surface area (Å²) in [6, 6.07) is 6.02. The van der Waals surface area contributed by atoms with Crippen LogP contribution in [-0.2, 0) is 4.79 Å². The highest BCUT2D eigenvalue weighted by Gasteiger charge is 2.49. The van der Waals surface area contributed by atoms with E-state index in [1.807, 2.05) is 4.90 Å². The van der Waals surface area contributed by atoms with Gasteiger partial charge in [-0.05, 0) is 24.6 Å². The molecule has 2 aromatic rings. The van der Waals surface area contributed by atoms with Crippen LogP contribution in [-0.4, -0.2) is 52.1 Å². The van der Waals surface area contributed by atoms with Crippen molar-refractivity contribution in [2.75, 3.05) is 31.1 Å². The fourth-order valence-corrected chi connectivity index (χ4v) is 4.08. The van der Waals surface area contributed by atoms with Crippen LogP contribution in [0, 0.1) is 22.6 Å². The second kappa shape index (κ2) is 6.60. The Morgan fingerprint density at radius 3 is 2.82 bits per heavy atom. The summed E-state index contributed by atoms with van der Waals surface area (Å²) < 4.78 is 14.3. The fraction of sp³-hybridized carbons (Fsp3) is 0.300. The van der Waals surface area contributed by atoms with E-state index < -0.39 is 5.82 Å². The fourth-order valence-electron chi connectivity index (χ4n) is 4.08. The highest BCUT2D eigenvalue weighted by molar-refractivity contribution is 5.87. The SMILES string of the molecule is C=CC(=O)N1CC2(CCN(c3ncnc(-c4c(O)cccc4F)c3C#N)C2)C1. The number of halogens is 1. The van der Waals surface area contributed by atoms with Gasteiger partial charge < -0.3 is 14.9 Å². The van der Waals surface area contributed by atoms with Crippen LogP contribution in [0.2, 0.25) is 0 Å². The minimum Gasteiger partial charge on any atom is -0.507 e. The molecule has 0 radical (unpaired) electrons. The molecule has 0 aliphatic carbocycles. The Bertz CT molecular complexity index is 990. The third kappa shape index (κ3) is 2.76. The average molecular weight is 379 g/mol. The molecule has 2 aliphatic rings. The summed E-state index contributed by atoms with van der Waals surface area (Å²) in [7, 11) is 0. The largest absolute Gasteiger partial charge is 0.507 e. The molecule has 4 rings (SSSR count). The predicted molar refractivity (Wildman–Crippen MR) is 99.8 cm³/mol. The van der Waals surface area contributed by atoms with Crippen molar-refractivity contribution in [1.82, 2.24) is 14.9 Å². The third-order valence-corrected chi connectivity index (χ3v) is 5.44. The van der Waals surface area contributed by atoms with Gasteiger partial charge in [0.25, 0.3) is 0 Å². The summed E-state index contributed by atoms with van der Waals surface area (Å²) >= 11 is 0. The molecule has 0 atom stereocenters. The van der Waals surface area contributed by atoms with Gasteiger partial charge in [-0.25, -0.2) is 14.4 Å². The van der Waals surface area contributed by atoms with Crippen LogP contribution < -0.4 is 4.90 Å². The van der Waals surface area contributed by atoms with Crippen LogP contribution >= 0.6 is 0 Å². The van der Waals surface area contributed by atoms with E-state index in [0.29, 0.717) is 32.0 Å². The molecule has 0 saturated carbocycles. The lowest BCUT2D eigenvalue weighted by atomic mass is 9.79. The number of amides is 1. The second-order valence-electron chi connectivity index (χ2n) is 7.24. The maximum absolute atomic E-state index is 14.3. The van der Waals surface area contributed by atoms with Crippen LogP contribution in [0.15, 0.2) is 37.2 Å². The Balaban J connectivity index is 1.65. The third-order valence-electron chi connectivity index (χ3n) is 5.44. The summed E-state index contributed by atoms with van der Waals surface area (Å²) in [5, 5.41) is 19.8. The zero-order chi connectivity index (χ0) is 19.9. The summed E-state index contributed by atoms with van der Waals surface area (Å²) in [5.74, 6) is -0.602. The molecular formula is C20H18FN5O2. The number of anilines is 1. The van der Waals surface area contributed by atoms with Crippen molar-refractivity contribution >= 4 is 11.7 Å². The van der Waals surface area contributed by atoms with E-state index in [2.05, 4.69) is 22.6 Å². The Hall–Kier alpha value is -3.47. The molecular weight excluding hydrogens is 361 g/mol. The van der Waals surface area contributed by atoms with Crippen molar-refractivity contribution in [3.63, 3.8) is 0 Å². The zero-order valence-electron chi connectivity index (χ0n) is 15.1. The smallest absolute Gasteiger partial charge is 0.245 e. The summed E-state index contributed by atoms with van der Waals surface area (Å²) in [6.45, 7) is 6.11. The van der Waals surface area contributed by atoms with Crippen molar-refractivity contribution in [3.8, 4) is 23.1 Å². The first-order valence-corrected chi connectivity index (χ1v) is 8.87. The number of aromatic hydroxyl groups is 1. The van der Waals surface area contributed by atoms with E-state index in [-0.39, 0.29) is 33.9 Å². The van der Waals surface area contributed by atoms with Gasteiger partial charge in [-0.1, -0.05) is 12.6 Å². The first kappa shape index (κ1) is 17.9. The lowest BCUT2D eigenvalue weighted by molar-refractivity contribution is -0.136. The van der Waals surface area contributed by atoms with Crippen LogP contribution in [0.5, 0.6) is 5.75 Å². The number of carbonyl (C=O) groups is 1. The summed E-state index contributed by atoms with van der Waals surface area (Å²) in [6.07, 6.45) is 3.45. The van der Waals surface area contributed by atoms with E-state index in [1.54, 1.807) is 4.90 Å². The minimum absolute atomic E-state index is 0.0311. The van der Waals surface area contributed by atoms with Gasteiger partial charge in [0.2, 0.25) is 5.91 Å². The molecule has 0 unspecified atom stereocenters. The minimum atomic E-state index is -0.656. The van der Waals surface area contributed by atoms with Crippen LogP contribution in [0.4, 0.5) is 10.2 Å². The van der Waals surface area contributed by atoms with Gasteiger partial charge in [0, 0.05) is 31.6 Å². The highest BCUT2D eigenvalue weighted by atomic mass is 19.1. The lowest BCUT2D eigenvalue weighted by Gasteiger charge is -2.47. The number of benzene rings is 1. The lowest BCUT2D eigenvalue weighted by Crippen LogP contribution is -2.59. The number of carbonyl (C=O) groups excluding carboxylic acids is 1. The zero-order valence-corrected chi connectivity index (χ0v) is 15.1. The van der Waals surface area contributed by atoms with Crippen molar-refractivity contribution in [3.05, 3.63) is 48.6 Å². The summed E-state index contributed by atoms with van der Waals surface area (Å²) in [4.78, 5) is 23.8. The van der Waals surface area contributed by atoms with E-state index in [4.69, 9.17) is 0 Å². The molecule has 2 fully saturated rings. The van der Waals surface area contributed by atoms with Gasteiger partial charge in [0.1, 0.15) is 35.2 Å². The molecule has 1 spiro atoms. The number of nitriles is 1. The van der Waals surface area contributed by atoms with Crippen molar-refractivity contribution < 1.29 is 14.3 Å². The van der Waals surface area contributed by atoms with Crippen molar-refractivity contribution in [2.24, 2.45) is 5.41 Å². The molecule has 3 heterocycles. The standard InChI is InChI=1S/C20H18FN5O2/c1-2-16(28)26-10-20(11-26)6-7-25(9-20)19-13(8-22)18(23-12-24-19)17-14(21)4-3-5-15(17)27/h2-5,12,27H,1,6-7,9-11H2. The number of hydrogen-bond acceptors (Lipinski definition) is 6. The van der Waals surface area contributed by atoms with Gasteiger partial charge in [-0.3, -0.25) is 4.79 Å². The normalized spacial score (nSPS) is 17.3. The second-order valence-corrected chi connectivity index (χ2v) is 7.24. The van der Waals surface area contributed by atoms with E-state index in [1.165, 1.54) is 30.6 Å². The van der Waals surface area contributed by atoms with Gasteiger partial charge >= 0.3 is 0 Å². The van der Waals surface area contributed by atoms with E-state index in [9.17, 15) is 19.6 Å². The first-order chi connectivity index (χ1) is 13.5. The molecule has 142 valence electrons. The maximum Gasteiger partial charge on any atom is 0.245 e. The number of phenolic OH excluding ortho intramolecular Hbond substituents is 1. The summed E-state index contributed by atoms with van der Waals surface area (Å²) in [5.41, 5.74) is 0.0545. The Labute approximate surface area is 161 Å². The number of likely N-dealkylation sites (tertiary alicyclic amines) is 1. The Morgan fingerprint density at radius 2 is 2.14 bits per heavy atom. The van der Waals surface area contributed by atoms with Gasteiger partial charge in [0.05, 0.1) is 5.56 Å². The molecule has 1 aromatic carbocycles.